The summed E-state index contributed by atoms with van der Waals surface area (Å²) >= 11 is 0. The summed E-state index contributed by atoms with van der Waals surface area (Å²) in [5.74, 6) is -0.853. The minimum absolute atomic E-state index is 0.270. The van der Waals surface area contributed by atoms with Gasteiger partial charge in [0.25, 0.3) is 5.91 Å². The topological polar surface area (TPSA) is 59.0 Å². The van der Waals surface area contributed by atoms with Gasteiger partial charge in [0.1, 0.15) is 6.21 Å². The number of anilines is 2. The lowest BCUT2D eigenvalue weighted by atomic mass is 10.2. The van der Waals surface area contributed by atoms with Crippen LogP contribution in [0.25, 0.3) is 0 Å². The molecular formula is C18H18N2O3. The zero-order chi connectivity index (χ0) is 16.5. The van der Waals surface area contributed by atoms with Crippen LogP contribution in [0, 0.1) is 0 Å². The predicted octanol–water partition coefficient (Wildman–Crippen LogP) is 3.68. The van der Waals surface area contributed by atoms with Gasteiger partial charge < -0.3 is 4.84 Å². The van der Waals surface area contributed by atoms with Gasteiger partial charge in [-0.05, 0) is 30.7 Å². The molecule has 5 nitrogen and oxygen atoms in total. The summed E-state index contributed by atoms with van der Waals surface area (Å²) in [5.41, 5.74) is 1.41. The summed E-state index contributed by atoms with van der Waals surface area (Å²) in [4.78, 5) is 29.9. The molecule has 0 aliphatic carbocycles. The SMILES string of the molecule is CCCC(=O)O/N=C\C(=O)N(c1ccccc1)c1ccccc1. The highest BCUT2D eigenvalue weighted by Gasteiger charge is 2.16. The first-order chi connectivity index (χ1) is 11.2. The van der Waals surface area contributed by atoms with Crippen molar-refractivity contribution in [2.24, 2.45) is 5.16 Å². The largest absolute Gasteiger partial charge is 0.335 e. The molecule has 0 aliphatic heterocycles. The maximum Gasteiger partial charge on any atom is 0.335 e. The fraction of sp³-hybridized carbons (Fsp3) is 0.167. The first kappa shape index (κ1) is 16.4. The van der Waals surface area contributed by atoms with Gasteiger partial charge in [0.2, 0.25) is 0 Å². The van der Waals surface area contributed by atoms with Crippen LogP contribution in [0.5, 0.6) is 0 Å². The van der Waals surface area contributed by atoms with Crippen LogP contribution in [-0.4, -0.2) is 18.1 Å². The van der Waals surface area contributed by atoms with Crippen molar-refractivity contribution in [2.75, 3.05) is 4.90 Å². The molecule has 0 atom stereocenters. The fourth-order valence-electron chi connectivity index (χ4n) is 2.00. The van der Waals surface area contributed by atoms with E-state index in [1.807, 2.05) is 67.6 Å². The number of carbonyl (C=O) groups is 2. The molecule has 2 aromatic carbocycles. The molecule has 0 radical (unpaired) electrons. The lowest BCUT2D eigenvalue weighted by Crippen LogP contribution is -2.26. The Hall–Kier alpha value is -2.95. The summed E-state index contributed by atoms with van der Waals surface area (Å²) in [6.07, 6.45) is 1.95. The van der Waals surface area contributed by atoms with Crippen LogP contribution in [0.1, 0.15) is 19.8 Å². The van der Waals surface area contributed by atoms with Crippen molar-refractivity contribution in [1.82, 2.24) is 0 Å². The summed E-state index contributed by atoms with van der Waals surface area (Å²) in [6, 6.07) is 18.4. The van der Waals surface area contributed by atoms with E-state index in [4.69, 9.17) is 0 Å². The molecule has 23 heavy (non-hydrogen) atoms. The number of oxime groups is 1. The number of carbonyl (C=O) groups excluding carboxylic acids is 2. The van der Waals surface area contributed by atoms with E-state index in [0.717, 1.165) is 6.21 Å². The van der Waals surface area contributed by atoms with Crippen molar-refractivity contribution in [1.29, 1.82) is 0 Å². The second-order valence-electron chi connectivity index (χ2n) is 4.79. The van der Waals surface area contributed by atoms with Gasteiger partial charge in [0.15, 0.2) is 0 Å². The lowest BCUT2D eigenvalue weighted by molar-refractivity contribution is -0.143. The summed E-state index contributed by atoms with van der Waals surface area (Å²) < 4.78 is 0. The van der Waals surface area contributed by atoms with Crippen molar-refractivity contribution in [3.8, 4) is 0 Å². The van der Waals surface area contributed by atoms with E-state index < -0.39 is 11.9 Å². The van der Waals surface area contributed by atoms with Gasteiger partial charge in [0.05, 0.1) is 0 Å². The number of para-hydroxylation sites is 2. The molecule has 0 aromatic heterocycles. The maximum atomic E-state index is 12.5. The molecule has 118 valence electrons. The molecule has 0 bridgehead atoms. The number of nitrogens with zero attached hydrogens (tertiary/aromatic N) is 2. The predicted molar refractivity (Wildman–Crippen MR) is 89.5 cm³/mol. The van der Waals surface area contributed by atoms with E-state index in [1.165, 1.54) is 4.90 Å². The Morgan fingerprint density at radius 1 is 1.00 bits per heavy atom. The standard InChI is InChI=1S/C18H18N2O3/c1-2-9-18(22)23-19-14-17(21)20(15-10-5-3-6-11-15)16-12-7-4-8-13-16/h3-8,10-14H,2,9H2,1H3/b19-14-. The third-order valence-electron chi connectivity index (χ3n) is 3.02. The highest BCUT2D eigenvalue weighted by Crippen LogP contribution is 2.24. The van der Waals surface area contributed by atoms with Crippen LogP contribution in [0.4, 0.5) is 11.4 Å². The van der Waals surface area contributed by atoms with E-state index in [2.05, 4.69) is 9.99 Å². The average molecular weight is 310 g/mol. The molecule has 1 amide bonds. The summed E-state index contributed by atoms with van der Waals surface area (Å²) in [5, 5.41) is 3.50. The van der Waals surface area contributed by atoms with Crippen molar-refractivity contribution in [3.63, 3.8) is 0 Å². The number of rotatable bonds is 6. The Labute approximate surface area is 135 Å². The third-order valence-corrected chi connectivity index (χ3v) is 3.02. The van der Waals surface area contributed by atoms with E-state index in [9.17, 15) is 9.59 Å². The van der Waals surface area contributed by atoms with Crippen molar-refractivity contribution in [2.45, 2.75) is 19.8 Å². The molecule has 0 saturated carbocycles. The Morgan fingerprint density at radius 2 is 1.52 bits per heavy atom. The first-order valence-corrected chi connectivity index (χ1v) is 7.39. The maximum absolute atomic E-state index is 12.5. The average Bonchev–Trinajstić information content (AvgIpc) is 2.57. The summed E-state index contributed by atoms with van der Waals surface area (Å²) in [6.45, 7) is 1.86. The quantitative estimate of drug-likeness (QED) is 0.464. The van der Waals surface area contributed by atoms with E-state index in [1.54, 1.807) is 0 Å². The molecule has 0 saturated heterocycles. The van der Waals surface area contributed by atoms with Gasteiger partial charge in [0, 0.05) is 17.8 Å². The van der Waals surface area contributed by atoms with E-state index >= 15 is 0 Å². The Kier molecular flexibility index (Phi) is 6.06. The number of benzene rings is 2. The fourth-order valence-corrected chi connectivity index (χ4v) is 2.00. The van der Waals surface area contributed by atoms with Crippen LogP contribution < -0.4 is 4.90 Å². The Bertz CT molecular complexity index is 630. The minimum Gasteiger partial charge on any atom is -0.318 e. The molecule has 2 rings (SSSR count). The summed E-state index contributed by atoms with van der Waals surface area (Å²) in [7, 11) is 0. The smallest absolute Gasteiger partial charge is 0.318 e. The molecule has 5 heteroatoms. The molecule has 0 heterocycles. The normalized spacial score (nSPS) is 10.5. The third kappa shape index (κ3) is 4.78. The van der Waals surface area contributed by atoms with Gasteiger partial charge in [-0.2, -0.15) is 0 Å². The second kappa shape index (κ2) is 8.48. The molecular weight excluding hydrogens is 292 g/mol. The minimum atomic E-state index is -0.456. The molecule has 0 aliphatic rings. The first-order valence-electron chi connectivity index (χ1n) is 7.39. The molecule has 0 N–H and O–H groups in total. The van der Waals surface area contributed by atoms with Crippen LogP contribution >= 0.6 is 0 Å². The molecule has 0 fully saturated rings. The van der Waals surface area contributed by atoms with Gasteiger partial charge in [-0.3, -0.25) is 9.69 Å². The van der Waals surface area contributed by atoms with E-state index in [-0.39, 0.29) is 6.42 Å². The van der Waals surface area contributed by atoms with Crippen molar-refractivity contribution >= 4 is 29.5 Å². The molecule has 2 aromatic rings. The molecule has 0 spiro atoms. The van der Waals surface area contributed by atoms with Crippen LogP contribution in [0.2, 0.25) is 0 Å². The van der Waals surface area contributed by atoms with Gasteiger partial charge in [-0.1, -0.05) is 48.5 Å². The Balaban J connectivity index is 2.19. The highest BCUT2D eigenvalue weighted by molar-refractivity contribution is 6.34. The van der Waals surface area contributed by atoms with Gasteiger partial charge in [-0.25, -0.2) is 4.79 Å². The van der Waals surface area contributed by atoms with Crippen molar-refractivity contribution < 1.29 is 14.4 Å². The van der Waals surface area contributed by atoms with Gasteiger partial charge in [-0.15, -0.1) is 0 Å². The second-order valence-corrected chi connectivity index (χ2v) is 4.79. The monoisotopic (exact) mass is 310 g/mol. The highest BCUT2D eigenvalue weighted by atomic mass is 16.7. The van der Waals surface area contributed by atoms with Crippen LogP contribution in [0.3, 0.4) is 0 Å². The number of hydrogen-bond donors (Lipinski definition) is 0. The zero-order valence-electron chi connectivity index (χ0n) is 12.9. The van der Waals surface area contributed by atoms with E-state index in [0.29, 0.717) is 17.8 Å². The zero-order valence-corrected chi connectivity index (χ0v) is 12.9. The Morgan fingerprint density at radius 3 is 2.00 bits per heavy atom. The van der Waals surface area contributed by atoms with Crippen LogP contribution in [0.15, 0.2) is 65.8 Å². The van der Waals surface area contributed by atoms with Gasteiger partial charge >= 0.3 is 5.97 Å². The number of amides is 1. The molecule has 0 unspecified atom stereocenters. The number of hydrogen-bond acceptors (Lipinski definition) is 4. The van der Waals surface area contributed by atoms with Crippen LogP contribution in [-0.2, 0) is 14.4 Å². The van der Waals surface area contributed by atoms with Crippen molar-refractivity contribution in [3.05, 3.63) is 60.7 Å². The lowest BCUT2D eigenvalue weighted by Gasteiger charge is -2.20.